The lowest BCUT2D eigenvalue weighted by Gasteiger charge is -2.40. The fourth-order valence-corrected chi connectivity index (χ4v) is 5.25. The summed E-state index contributed by atoms with van der Waals surface area (Å²) in [4.78, 5) is 41.7. The summed E-state index contributed by atoms with van der Waals surface area (Å²) >= 11 is 12.2. The topological polar surface area (TPSA) is 117 Å². The Bertz CT molecular complexity index is 1240. The van der Waals surface area contributed by atoms with Gasteiger partial charge in [-0.05, 0) is 44.0 Å². The number of nitrogens with two attached hydrogens (primary N) is 1. The molecule has 202 valence electrons. The van der Waals surface area contributed by atoms with Gasteiger partial charge in [-0.2, -0.15) is 5.10 Å². The molecule has 2 aliphatic rings. The number of hydrazone groups is 1. The highest BCUT2D eigenvalue weighted by Crippen LogP contribution is 2.38. The Morgan fingerprint density at radius 2 is 1.84 bits per heavy atom. The van der Waals surface area contributed by atoms with E-state index in [0.29, 0.717) is 35.2 Å². The number of fused-ring (bicyclic) bond motifs is 1. The lowest BCUT2D eigenvalue weighted by molar-refractivity contribution is -0.143. The minimum atomic E-state index is -1.22. The second kappa shape index (κ2) is 10.9. The van der Waals surface area contributed by atoms with Gasteiger partial charge in [-0.3, -0.25) is 14.4 Å². The van der Waals surface area contributed by atoms with Crippen LogP contribution < -0.4 is 15.8 Å². The number of carbonyl (C=O) groups excluding carboxylic acids is 3. The smallest absolute Gasteiger partial charge is 0.256 e. The molecule has 9 nitrogen and oxygen atoms in total. The standard InChI is InChI=1S/C27H31Cl2N5O4/c1-26(2,30)24(36)31-21(15-38-20-12-18(28)11-19(29)13-20)23(35)34-10-9-22-27(16-34,25(37)33(3)32-22)14-17-7-5-4-6-8-17/h4-8,11-13,21H,9-10,14-16,30H2,1-3H3,(H,31,36). The number of benzene rings is 2. The van der Waals surface area contributed by atoms with Gasteiger partial charge < -0.3 is 20.7 Å². The molecule has 0 saturated carbocycles. The van der Waals surface area contributed by atoms with Crippen molar-refractivity contribution in [2.75, 3.05) is 26.7 Å². The van der Waals surface area contributed by atoms with E-state index in [2.05, 4.69) is 10.4 Å². The number of nitrogens with one attached hydrogen (secondary N) is 1. The van der Waals surface area contributed by atoms with Crippen molar-refractivity contribution in [2.24, 2.45) is 16.3 Å². The summed E-state index contributed by atoms with van der Waals surface area (Å²) in [5.74, 6) is -0.715. The molecule has 2 aromatic carbocycles. The van der Waals surface area contributed by atoms with Crippen molar-refractivity contribution in [3.8, 4) is 5.75 Å². The number of nitrogens with zero attached hydrogens (tertiary/aromatic N) is 3. The van der Waals surface area contributed by atoms with Gasteiger partial charge in [-0.1, -0.05) is 53.5 Å². The molecule has 2 unspecified atom stereocenters. The number of ether oxygens (including phenoxy) is 1. The van der Waals surface area contributed by atoms with Gasteiger partial charge in [0.15, 0.2) is 0 Å². The molecule has 0 radical (unpaired) electrons. The van der Waals surface area contributed by atoms with Crippen LogP contribution in [0.2, 0.25) is 10.0 Å². The average Bonchev–Trinajstić information content (AvgIpc) is 3.09. The maximum atomic E-state index is 13.9. The normalized spacial score (nSPS) is 20.1. The molecule has 11 heteroatoms. The Kier molecular flexibility index (Phi) is 8.01. The molecule has 1 saturated heterocycles. The molecule has 38 heavy (non-hydrogen) atoms. The summed E-state index contributed by atoms with van der Waals surface area (Å²) in [7, 11) is 1.63. The van der Waals surface area contributed by atoms with Gasteiger partial charge in [0.2, 0.25) is 11.8 Å². The summed E-state index contributed by atoms with van der Waals surface area (Å²) < 4.78 is 5.83. The fourth-order valence-electron chi connectivity index (χ4n) is 4.75. The zero-order valence-corrected chi connectivity index (χ0v) is 23.1. The summed E-state index contributed by atoms with van der Waals surface area (Å²) in [5, 5.41) is 9.32. The van der Waals surface area contributed by atoms with Crippen LogP contribution in [-0.2, 0) is 20.8 Å². The zero-order chi connectivity index (χ0) is 27.7. The van der Waals surface area contributed by atoms with Crippen LogP contribution in [0.5, 0.6) is 5.75 Å². The van der Waals surface area contributed by atoms with Gasteiger partial charge in [0, 0.05) is 36.6 Å². The van der Waals surface area contributed by atoms with Crippen LogP contribution in [0.3, 0.4) is 0 Å². The summed E-state index contributed by atoms with van der Waals surface area (Å²) in [5.41, 5.74) is 5.50. The van der Waals surface area contributed by atoms with E-state index in [4.69, 9.17) is 33.7 Å². The van der Waals surface area contributed by atoms with Gasteiger partial charge >= 0.3 is 0 Å². The lowest BCUT2D eigenvalue weighted by Crippen LogP contribution is -2.62. The first-order valence-corrected chi connectivity index (χ1v) is 13.0. The highest BCUT2D eigenvalue weighted by Gasteiger charge is 2.54. The maximum absolute atomic E-state index is 13.9. The number of hydrogen-bond donors (Lipinski definition) is 2. The number of halogens is 2. The Morgan fingerprint density at radius 1 is 1.18 bits per heavy atom. The Labute approximate surface area is 231 Å². The maximum Gasteiger partial charge on any atom is 0.256 e. The third-order valence-corrected chi connectivity index (χ3v) is 7.14. The molecule has 2 atom stereocenters. The van der Waals surface area contributed by atoms with Gasteiger partial charge in [0.05, 0.1) is 11.3 Å². The fraction of sp³-hybridized carbons (Fsp3) is 0.407. The Balaban J connectivity index is 1.59. The van der Waals surface area contributed by atoms with Crippen LogP contribution in [0, 0.1) is 5.41 Å². The molecule has 2 heterocycles. The van der Waals surface area contributed by atoms with E-state index in [-0.39, 0.29) is 25.0 Å². The molecule has 4 rings (SSSR count). The van der Waals surface area contributed by atoms with Gasteiger partial charge in [-0.15, -0.1) is 0 Å². The average molecular weight is 560 g/mol. The predicted octanol–water partition coefficient (Wildman–Crippen LogP) is 2.88. The molecule has 2 aromatic rings. The summed E-state index contributed by atoms with van der Waals surface area (Å²) in [6.45, 7) is 3.38. The summed E-state index contributed by atoms with van der Waals surface area (Å²) in [6, 6.07) is 13.3. The van der Waals surface area contributed by atoms with Crippen molar-refractivity contribution in [2.45, 2.75) is 38.3 Å². The Morgan fingerprint density at radius 3 is 2.47 bits per heavy atom. The van der Waals surface area contributed by atoms with Crippen molar-refractivity contribution >= 4 is 46.6 Å². The molecule has 0 aliphatic carbocycles. The van der Waals surface area contributed by atoms with Crippen LogP contribution in [-0.4, -0.2) is 71.7 Å². The van der Waals surface area contributed by atoms with Gasteiger partial charge in [-0.25, -0.2) is 5.01 Å². The van der Waals surface area contributed by atoms with E-state index >= 15 is 0 Å². The number of hydrogen-bond acceptors (Lipinski definition) is 6. The SMILES string of the molecule is CN1N=C2CCN(C(=O)C(COc3cc(Cl)cc(Cl)c3)NC(=O)C(C)(C)N)CC2(Cc2ccccc2)C1=O. The predicted molar refractivity (Wildman–Crippen MR) is 146 cm³/mol. The van der Waals surface area contributed by atoms with Crippen molar-refractivity contribution in [3.63, 3.8) is 0 Å². The minimum absolute atomic E-state index is 0.129. The number of piperidine rings is 1. The first-order valence-electron chi connectivity index (χ1n) is 12.3. The van der Waals surface area contributed by atoms with Crippen molar-refractivity contribution in [1.82, 2.24) is 15.2 Å². The van der Waals surface area contributed by atoms with E-state index in [1.54, 1.807) is 44.0 Å². The molecule has 0 bridgehead atoms. The van der Waals surface area contributed by atoms with Crippen LogP contribution in [0.25, 0.3) is 0 Å². The van der Waals surface area contributed by atoms with Crippen molar-refractivity contribution < 1.29 is 19.1 Å². The molecular formula is C27H31Cl2N5O4. The number of carbonyl (C=O) groups is 3. The van der Waals surface area contributed by atoms with E-state index < -0.39 is 22.9 Å². The van der Waals surface area contributed by atoms with E-state index in [0.717, 1.165) is 11.3 Å². The monoisotopic (exact) mass is 559 g/mol. The first-order chi connectivity index (χ1) is 17.9. The second-order valence-electron chi connectivity index (χ2n) is 10.3. The molecule has 0 spiro atoms. The van der Waals surface area contributed by atoms with Gasteiger partial charge in [0.25, 0.3) is 5.91 Å². The third kappa shape index (κ3) is 5.95. The highest BCUT2D eigenvalue weighted by atomic mass is 35.5. The van der Waals surface area contributed by atoms with Crippen molar-refractivity contribution in [1.29, 1.82) is 0 Å². The quantitative estimate of drug-likeness (QED) is 0.515. The van der Waals surface area contributed by atoms with Crippen molar-refractivity contribution in [3.05, 3.63) is 64.1 Å². The first kappa shape index (κ1) is 27.9. The second-order valence-corrected chi connectivity index (χ2v) is 11.2. The third-order valence-electron chi connectivity index (χ3n) is 6.71. The molecule has 3 amide bonds. The number of rotatable bonds is 8. The van der Waals surface area contributed by atoms with Gasteiger partial charge in [0.1, 0.15) is 23.8 Å². The van der Waals surface area contributed by atoms with E-state index in [1.165, 1.54) is 5.01 Å². The number of likely N-dealkylation sites (tertiary alicyclic amines) is 1. The molecule has 3 N–H and O–H groups in total. The van der Waals surface area contributed by atoms with Crippen LogP contribution >= 0.6 is 23.2 Å². The van der Waals surface area contributed by atoms with Crippen LogP contribution in [0.1, 0.15) is 25.8 Å². The van der Waals surface area contributed by atoms with E-state index in [9.17, 15) is 14.4 Å². The summed E-state index contributed by atoms with van der Waals surface area (Å²) in [6.07, 6.45) is 0.840. The van der Waals surface area contributed by atoms with Crippen LogP contribution in [0.15, 0.2) is 53.6 Å². The largest absolute Gasteiger partial charge is 0.491 e. The number of amides is 3. The minimum Gasteiger partial charge on any atom is -0.491 e. The lowest BCUT2D eigenvalue weighted by atomic mass is 9.73. The highest BCUT2D eigenvalue weighted by molar-refractivity contribution is 6.34. The van der Waals surface area contributed by atoms with Crippen LogP contribution in [0.4, 0.5) is 0 Å². The molecule has 0 aromatic heterocycles. The zero-order valence-electron chi connectivity index (χ0n) is 21.5. The molecule has 2 aliphatic heterocycles. The molecule has 1 fully saturated rings. The Hall–Kier alpha value is -3.14. The van der Waals surface area contributed by atoms with E-state index in [1.807, 2.05) is 30.3 Å². The molecular weight excluding hydrogens is 529 g/mol.